The third-order valence-corrected chi connectivity index (χ3v) is 8.35. The van der Waals surface area contributed by atoms with Gasteiger partial charge < -0.3 is 39.5 Å². The number of aliphatic hydroxyl groups excluding tert-OH is 2. The molecule has 1 aliphatic carbocycles. The second-order valence-corrected chi connectivity index (χ2v) is 11.7. The number of halogens is 1. The molecule has 1 aliphatic heterocycles. The molecule has 2 aromatic heterocycles. The van der Waals surface area contributed by atoms with Crippen LogP contribution in [0.4, 0.5) is 5.82 Å². The first kappa shape index (κ1) is 23.0. The summed E-state index contributed by atoms with van der Waals surface area (Å²) in [5.74, 6) is -0.963. The number of aromatic nitrogens is 4. The first-order valence-corrected chi connectivity index (χ1v) is 13.1. The van der Waals surface area contributed by atoms with E-state index in [0.29, 0.717) is 11.3 Å². The van der Waals surface area contributed by atoms with Crippen LogP contribution in [0.1, 0.15) is 19.1 Å². The molecule has 5 atom stereocenters. The third-order valence-electron chi connectivity index (χ3n) is 4.73. The van der Waals surface area contributed by atoms with Crippen molar-refractivity contribution < 1.29 is 43.3 Å². The van der Waals surface area contributed by atoms with E-state index in [-0.39, 0.29) is 17.0 Å². The van der Waals surface area contributed by atoms with Crippen molar-refractivity contribution in [2.75, 3.05) is 17.8 Å². The number of aliphatic hydroxyl groups is 2. The lowest BCUT2D eigenvalue weighted by molar-refractivity contribution is -0.0483. The molecule has 31 heavy (non-hydrogen) atoms. The molecule has 0 bridgehead atoms. The van der Waals surface area contributed by atoms with E-state index in [4.69, 9.17) is 30.6 Å². The molecule has 17 heteroatoms. The number of ether oxygens (including phenoxy) is 1. The van der Waals surface area contributed by atoms with E-state index in [0.717, 1.165) is 12.8 Å². The van der Waals surface area contributed by atoms with Crippen LogP contribution in [0.25, 0.3) is 11.2 Å². The van der Waals surface area contributed by atoms with Gasteiger partial charge in [0, 0.05) is 6.04 Å². The Labute approximate surface area is 179 Å². The molecule has 14 nitrogen and oxygen atoms in total. The van der Waals surface area contributed by atoms with Crippen LogP contribution in [-0.2, 0) is 18.4 Å². The number of rotatable bonds is 8. The Morgan fingerprint density at radius 3 is 2.58 bits per heavy atom. The van der Waals surface area contributed by atoms with Crippen LogP contribution >= 0.6 is 26.8 Å². The lowest BCUT2D eigenvalue weighted by Gasteiger charge is -2.18. The average Bonchev–Trinajstić information content (AvgIpc) is 3.28. The first-order valence-electron chi connectivity index (χ1n) is 9.13. The second-order valence-electron chi connectivity index (χ2n) is 7.37. The van der Waals surface area contributed by atoms with Crippen molar-refractivity contribution in [2.45, 2.75) is 43.4 Å². The minimum Gasteiger partial charge on any atom is -0.387 e. The molecule has 0 aromatic carbocycles. The maximum Gasteiger partial charge on any atom is 0.340 e. The quantitative estimate of drug-likeness (QED) is 0.209. The van der Waals surface area contributed by atoms with Gasteiger partial charge in [-0.1, -0.05) is 0 Å². The fraction of sp³-hybridized carbons (Fsp3) is 0.643. The second kappa shape index (κ2) is 8.31. The molecule has 4 rings (SSSR count). The van der Waals surface area contributed by atoms with Crippen molar-refractivity contribution in [2.24, 2.45) is 0 Å². The Balaban J connectivity index is 1.53. The lowest BCUT2D eigenvalue weighted by Crippen LogP contribution is -2.33. The maximum absolute atomic E-state index is 11.8. The molecule has 1 saturated heterocycles. The topological polar surface area (TPSA) is 209 Å². The molecule has 0 radical (unpaired) electrons. The minimum atomic E-state index is -4.81. The van der Waals surface area contributed by atoms with Crippen LogP contribution in [0, 0.1) is 0 Å². The number of anilines is 1. The largest absolute Gasteiger partial charge is 0.387 e. The van der Waals surface area contributed by atoms with Crippen LogP contribution in [-0.4, -0.2) is 81.3 Å². The summed E-state index contributed by atoms with van der Waals surface area (Å²) in [7, 11) is -9.46. The molecular formula is C14H20ClN5O9P2. The number of hydrogen-bond donors (Lipinski definition) is 6. The monoisotopic (exact) mass is 499 g/mol. The Morgan fingerprint density at radius 2 is 1.94 bits per heavy atom. The number of nitrogens with one attached hydrogen (secondary N) is 1. The highest BCUT2D eigenvalue weighted by Crippen LogP contribution is 2.55. The van der Waals surface area contributed by atoms with Gasteiger partial charge in [-0.25, -0.2) is 4.98 Å². The summed E-state index contributed by atoms with van der Waals surface area (Å²) in [6.45, 7) is -0.695. The van der Waals surface area contributed by atoms with Crippen molar-refractivity contribution >= 4 is 43.8 Å². The van der Waals surface area contributed by atoms with Gasteiger partial charge in [-0.15, -0.1) is 0 Å². The van der Waals surface area contributed by atoms with Crippen LogP contribution in [0.2, 0.25) is 5.28 Å². The van der Waals surface area contributed by atoms with Crippen molar-refractivity contribution in [3.63, 3.8) is 0 Å². The lowest BCUT2D eigenvalue weighted by atomic mass is 10.1. The number of hydrogen-bond acceptors (Lipinski definition) is 10. The fourth-order valence-electron chi connectivity index (χ4n) is 3.16. The molecule has 3 heterocycles. The van der Waals surface area contributed by atoms with Gasteiger partial charge in [-0.05, 0) is 24.4 Å². The standard InChI is InChI=1S/C14H20ClN5O9P2/c15-14-18-11(17-6-1-2-6)8-12(19-14)20(4-16-8)13-10(22)9(21)7(29-13)3-28-31(26,27)5-30(23,24)25/h4,6-7,9-10,13,21-22H,1-3,5H2,(H,26,27)(H,17,18,19)(H2,23,24,25)/t7-,9-,10-,13-/m1/s1. The Bertz CT molecular complexity index is 1080. The van der Waals surface area contributed by atoms with E-state index in [9.17, 15) is 24.2 Å². The normalized spacial score (nSPS) is 28.7. The van der Waals surface area contributed by atoms with Gasteiger partial charge in [0.1, 0.15) is 18.3 Å². The summed E-state index contributed by atoms with van der Waals surface area (Å²) in [4.78, 5) is 39.8. The van der Waals surface area contributed by atoms with E-state index in [1.807, 2.05) is 0 Å². The van der Waals surface area contributed by atoms with E-state index in [1.54, 1.807) is 0 Å². The third kappa shape index (κ3) is 5.25. The molecule has 2 aromatic rings. The SMILES string of the molecule is O=P(O)(O)CP(=O)(O)OC[C@H]1O[C@@H](n2cnc3c(NC4CC4)nc(Cl)nc32)[C@H](O)[C@@H]1O. The van der Waals surface area contributed by atoms with Gasteiger partial charge in [0.2, 0.25) is 5.28 Å². The highest BCUT2D eigenvalue weighted by Gasteiger charge is 2.45. The van der Waals surface area contributed by atoms with E-state index >= 15 is 0 Å². The fourth-order valence-corrected chi connectivity index (χ4v) is 5.89. The highest BCUT2D eigenvalue weighted by molar-refractivity contribution is 7.70. The van der Waals surface area contributed by atoms with Gasteiger partial charge in [-0.3, -0.25) is 13.7 Å². The number of fused-ring (bicyclic) bond motifs is 1. The molecule has 2 aliphatic rings. The molecule has 1 unspecified atom stereocenters. The van der Waals surface area contributed by atoms with Gasteiger partial charge in [0.05, 0.1) is 12.9 Å². The summed E-state index contributed by atoms with van der Waals surface area (Å²) >= 11 is 6.01. The molecular weight excluding hydrogens is 480 g/mol. The van der Waals surface area contributed by atoms with Gasteiger partial charge >= 0.3 is 15.2 Å². The van der Waals surface area contributed by atoms with E-state index < -0.39 is 52.2 Å². The number of nitrogens with zero attached hydrogens (tertiary/aromatic N) is 4. The molecule has 1 saturated carbocycles. The first-order chi connectivity index (χ1) is 14.4. The van der Waals surface area contributed by atoms with Gasteiger partial charge in [-0.2, -0.15) is 9.97 Å². The zero-order chi connectivity index (χ0) is 22.6. The summed E-state index contributed by atoms with van der Waals surface area (Å²) in [5.41, 5.74) is 0.609. The average molecular weight is 500 g/mol. The predicted octanol–water partition coefficient (Wildman–Crippen LogP) is 0.0104. The summed E-state index contributed by atoms with van der Waals surface area (Å²) in [6.07, 6.45) is -2.18. The van der Waals surface area contributed by atoms with Crippen LogP contribution < -0.4 is 5.32 Å². The zero-order valence-electron chi connectivity index (χ0n) is 15.7. The van der Waals surface area contributed by atoms with E-state index in [2.05, 4.69) is 20.3 Å². The summed E-state index contributed by atoms with van der Waals surface area (Å²) in [6, 6.07) is 0.262. The molecule has 0 amide bonds. The van der Waals surface area contributed by atoms with Crippen molar-refractivity contribution in [3.05, 3.63) is 11.6 Å². The smallest absolute Gasteiger partial charge is 0.340 e. The van der Waals surface area contributed by atoms with Crippen molar-refractivity contribution in [1.82, 2.24) is 19.5 Å². The highest BCUT2D eigenvalue weighted by atomic mass is 35.5. The molecule has 172 valence electrons. The number of imidazole rings is 1. The van der Waals surface area contributed by atoms with Gasteiger partial charge in [0.15, 0.2) is 29.1 Å². The van der Waals surface area contributed by atoms with Crippen LogP contribution in [0.15, 0.2) is 6.33 Å². The molecule has 0 spiro atoms. The van der Waals surface area contributed by atoms with Crippen LogP contribution in [0.5, 0.6) is 0 Å². The Morgan fingerprint density at radius 1 is 1.23 bits per heavy atom. The van der Waals surface area contributed by atoms with Gasteiger partial charge in [0.25, 0.3) is 0 Å². The van der Waals surface area contributed by atoms with Crippen molar-refractivity contribution in [3.8, 4) is 0 Å². The summed E-state index contributed by atoms with van der Waals surface area (Å²) in [5, 5.41) is 23.8. The minimum absolute atomic E-state index is 0.0658. The zero-order valence-corrected chi connectivity index (χ0v) is 18.3. The molecule has 6 N–H and O–H groups in total. The summed E-state index contributed by atoms with van der Waals surface area (Å²) < 4.78 is 34.4. The van der Waals surface area contributed by atoms with Crippen molar-refractivity contribution in [1.29, 1.82) is 0 Å². The maximum atomic E-state index is 11.8. The predicted molar refractivity (Wildman–Crippen MR) is 106 cm³/mol. The van der Waals surface area contributed by atoms with E-state index in [1.165, 1.54) is 10.9 Å². The Kier molecular flexibility index (Phi) is 6.16. The Hall–Kier alpha value is -1.18. The van der Waals surface area contributed by atoms with Crippen LogP contribution in [0.3, 0.4) is 0 Å². The molecule has 2 fully saturated rings.